The van der Waals surface area contributed by atoms with Crippen LogP contribution < -0.4 is 4.74 Å². The number of halogens is 3. The third-order valence-electron chi connectivity index (χ3n) is 2.71. The highest BCUT2D eigenvalue weighted by atomic mass is 19.4. The molecular weight excluding hydrogens is 257 g/mol. The summed E-state index contributed by atoms with van der Waals surface area (Å²) in [6.45, 7) is 2.25. The van der Waals surface area contributed by atoms with Crippen molar-refractivity contribution < 1.29 is 23.0 Å². The first kappa shape index (κ1) is 15.8. The number of rotatable bonds is 7. The van der Waals surface area contributed by atoms with Crippen LogP contribution in [-0.2, 0) is 0 Å². The molecule has 0 radical (unpaired) electrons. The van der Waals surface area contributed by atoms with Gasteiger partial charge in [0.05, 0.1) is 12.7 Å². The molecule has 0 bridgehead atoms. The lowest BCUT2D eigenvalue weighted by molar-refractivity contribution is -0.136. The predicted molar refractivity (Wildman–Crippen MR) is 67.2 cm³/mol. The Balaban J connectivity index is 2.15. The quantitative estimate of drug-likeness (QED) is 0.819. The molecule has 0 saturated carbocycles. The van der Waals surface area contributed by atoms with Gasteiger partial charge in [0.25, 0.3) is 0 Å². The smallest absolute Gasteiger partial charge is 0.389 e. The Morgan fingerprint density at radius 3 is 2.63 bits per heavy atom. The molecule has 19 heavy (non-hydrogen) atoms. The number of hydrogen-bond donors (Lipinski definition) is 1. The molecule has 0 spiro atoms. The molecule has 1 unspecified atom stereocenters. The summed E-state index contributed by atoms with van der Waals surface area (Å²) >= 11 is 0. The van der Waals surface area contributed by atoms with Crippen molar-refractivity contribution in [2.75, 3.05) is 6.61 Å². The second kappa shape index (κ2) is 7.38. The van der Waals surface area contributed by atoms with Gasteiger partial charge in [-0.15, -0.1) is 0 Å². The lowest BCUT2D eigenvalue weighted by Crippen LogP contribution is -2.14. The van der Waals surface area contributed by atoms with E-state index in [0.29, 0.717) is 18.8 Å². The fourth-order valence-corrected chi connectivity index (χ4v) is 1.70. The van der Waals surface area contributed by atoms with Gasteiger partial charge in [0, 0.05) is 12.8 Å². The van der Waals surface area contributed by atoms with Crippen LogP contribution in [0.3, 0.4) is 0 Å². The summed E-state index contributed by atoms with van der Waals surface area (Å²) in [5.41, 5.74) is 1.07. The Labute approximate surface area is 111 Å². The second-order valence-electron chi connectivity index (χ2n) is 4.61. The molecule has 0 amide bonds. The maximum atomic E-state index is 11.9. The molecule has 5 heteroatoms. The summed E-state index contributed by atoms with van der Waals surface area (Å²) in [4.78, 5) is 0. The average molecular weight is 276 g/mol. The van der Waals surface area contributed by atoms with Crippen LogP contribution in [0.15, 0.2) is 24.3 Å². The van der Waals surface area contributed by atoms with Gasteiger partial charge in [0.2, 0.25) is 0 Å². The van der Waals surface area contributed by atoms with E-state index in [4.69, 9.17) is 4.74 Å². The highest BCUT2D eigenvalue weighted by Gasteiger charge is 2.26. The summed E-state index contributed by atoms with van der Waals surface area (Å²) in [7, 11) is 0. The summed E-state index contributed by atoms with van der Waals surface area (Å²) in [5, 5.41) is 9.53. The summed E-state index contributed by atoms with van der Waals surface area (Å²) < 4.78 is 41.2. The molecule has 1 atom stereocenters. The largest absolute Gasteiger partial charge is 0.493 e. The molecule has 0 saturated heterocycles. The Kier molecular flexibility index (Phi) is 6.15. The average Bonchev–Trinajstić information content (AvgIpc) is 2.27. The highest BCUT2D eigenvalue weighted by molar-refractivity contribution is 5.27. The van der Waals surface area contributed by atoms with E-state index < -0.39 is 18.7 Å². The van der Waals surface area contributed by atoms with E-state index in [1.54, 1.807) is 0 Å². The van der Waals surface area contributed by atoms with Crippen molar-refractivity contribution in [3.05, 3.63) is 29.8 Å². The van der Waals surface area contributed by atoms with Gasteiger partial charge in [-0.3, -0.25) is 0 Å². The topological polar surface area (TPSA) is 29.5 Å². The summed E-state index contributed by atoms with van der Waals surface area (Å²) in [6, 6.07) is 7.49. The van der Waals surface area contributed by atoms with Crippen molar-refractivity contribution in [3.8, 4) is 5.75 Å². The Morgan fingerprint density at radius 2 is 2.00 bits per heavy atom. The van der Waals surface area contributed by atoms with Gasteiger partial charge in [-0.1, -0.05) is 12.1 Å². The fraction of sp³-hybridized carbons (Fsp3) is 0.571. The van der Waals surface area contributed by atoms with E-state index in [-0.39, 0.29) is 12.8 Å². The molecule has 1 aromatic carbocycles. The van der Waals surface area contributed by atoms with Gasteiger partial charge in [-0.2, -0.15) is 13.2 Å². The maximum Gasteiger partial charge on any atom is 0.389 e. The molecule has 0 aliphatic rings. The van der Waals surface area contributed by atoms with Crippen molar-refractivity contribution in [3.63, 3.8) is 0 Å². The maximum absolute atomic E-state index is 11.9. The van der Waals surface area contributed by atoms with E-state index in [1.165, 1.54) is 0 Å². The number of aliphatic hydroxyl groups is 1. The van der Waals surface area contributed by atoms with Crippen LogP contribution in [0.4, 0.5) is 13.2 Å². The molecule has 108 valence electrons. The van der Waals surface area contributed by atoms with Crippen molar-refractivity contribution >= 4 is 0 Å². The fourth-order valence-electron chi connectivity index (χ4n) is 1.70. The number of alkyl halides is 3. The molecule has 0 aliphatic heterocycles. The van der Waals surface area contributed by atoms with E-state index in [9.17, 15) is 18.3 Å². The van der Waals surface area contributed by atoms with Gasteiger partial charge in [0.15, 0.2) is 0 Å². The van der Waals surface area contributed by atoms with E-state index >= 15 is 0 Å². The number of benzene rings is 1. The molecule has 0 aliphatic carbocycles. The third-order valence-corrected chi connectivity index (χ3v) is 2.71. The second-order valence-corrected chi connectivity index (χ2v) is 4.61. The van der Waals surface area contributed by atoms with Crippen LogP contribution in [0.25, 0.3) is 0 Å². The number of aryl methyl sites for hydroxylation is 1. The van der Waals surface area contributed by atoms with Crippen LogP contribution in [0.2, 0.25) is 0 Å². The molecule has 1 aromatic rings. The Hall–Kier alpha value is -1.23. The SMILES string of the molecule is Cc1cccc(OCCC(O)CCCC(F)(F)F)c1. The number of hydrogen-bond acceptors (Lipinski definition) is 2. The van der Waals surface area contributed by atoms with Crippen LogP contribution in [0.5, 0.6) is 5.75 Å². The van der Waals surface area contributed by atoms with Crippen molar-refractivity contribution in [1.82, 2.24) is 0 Å². The molecule has 0 heterocycles. The lowest BCUT2D eigenvalue weighted by Gasteiger charge is -2.12. The Morgan fingerprint density at radius 1 is 1.26 bits per heavy atom. The van der Waals surface area contributed by atoms with E-state index in [2.05, 4.69) is 0 Å². The zero-order valence-corrected chi connectivity index (χ0v) is 10.9. The van der Waals surface area contributed by atoms with Gasteiger partial charge < -0.3 is 9.84 Å². The van der Waals surface area contributed by atoms with Gasteiger partial charge in [-0.05, 0) is 37.5 Å². The standard InChI is InChI=1S/C14H19F3O2/c1-11-4-2-6-13(10-11)19-9-7-12(18)5-3-8-14(15,16)17/h2,4,6,10,12,18H,3,5,7-9H2,1H3. The van der Waals surface area contributed by atoms with Gasteiger partial charge in [0.1, 0.15) is 5.75 Å². The summed E-state index contributed by atoms with van der Waals surface area (Å²) in [6.07, 6.45) is -5.29. The molecule has 0 aromatic heterocycles. The van der Waals surface area contributed by atoms with Crippen LogP contribution in [0, 0.1) is 6.92 Å². The van der Waals surface area contributed by atoms with Crippen LogP contribution >= 0.6 is 0 Å². The molecule has 0 fully saturated rings. The zero-order chi connectivity index (χ0) is 14.3. The van der Waals surface area contributed by atoms with Crippen molar-refractivity contribution in [1.29, 1.82) is 0 Å². The monoisotopic (exact) mass is 276 g/mol. The first-order chi connectivity index (χ1) is 8.87. The number of aliphatic hydroxyl groups excluding tert-OH is 1. The van der Waals surface area contributed by atoms with E-state index in [1.807, 2.05) is 31.2 Å². The lowest BCUT2D eigenvalue weighted by atomic mass is 10.1. The van der Waals surface area contributed by atoms with Crippen LogP contribution in [0.1, 0.15) is 31.2 Å². The van der Waals surface area contributed by atoms with Gasteiger partial charge >= 0.3 is 6.18 Å². The van der Waals surface area contributed by atoms with E-state index in [0.717, 1.165) is 5.56 Å². The molecule has 1 N–H and O–H groups in total. The third kappa shape index (κ3) is 7.72. The first-order valence-electron chi connectivity index (χ1n) is 6.31. The van der Waals surface area contributed by atoms with Gasteiger partial charge in [-0.25, -0.2) is 0 Å². The Bertz CT molecular complexity index is 377. The molecule has 2 nitrogen and oxygen atoms in total. The minimum atomic E-state index is -4.14. The molecule has 1 rings (SSSR count). The minimum Gasteiger partial charge on any atom is -0.493 e. The van der Waals surface area contributed by atoms with Crippen molar-refractivity contribution in [2.24, 2.45) is 0 Å². The van der Waals surface area contributed by atoms with Crippen LogP contribution in [-0.4, -0.2) is 24.0 Å². The predicted octanol–water partition coefficient (Wildman–Crippen LogP) is 3.86. The highest BCUT2D eigenvalue weighted by Crippen LogP contribution is 2.23. The van der Waals surface area contributed by atoms with Crippen molar-refractivity contribution in [2.45, 2.75) is 44.9 Å². The summed E-state index contributed by atoms with van der Waals surface area (Å²) in [5.74, 6) is 0.711. The zero-order valence-electron chi connectivity index (χ0n) is 10.9. The minimum absolute atomic E-state index is 0.0465. The molecular formula is C14H19F3O2. The number of ether oxygens (including phenoxy) is 1. The first-order valence-corrected chi connectivity index (χ1v) is 6.31. The normalized spacial score (nSPS) is 13.3.